The maximum atomic E-state index is 12.4. The Morgan fingerprint density at radius 2 is 2.07 bits per heavy atom. The van der Waals surface area contributed by atoms with E-state index in [-0.39, 0.29) is 12.6 Å². The highest BCUT2D eigenvalue weighted by atomic mass is 127. The van der Waals surface area contributed by atoms with E-state index in [4.69, 9.17) is 18.6 Å². The summed E-state index contributed by atoms with van der Waals surface area (Å²) < 4.78 is 23.8. The lowest BCUT2D eigenvalue weighted by atomic mass is 10.2. The van der Waals surface area contributed by atoms with Crippen LogP contribution in [0.2, 0.25) is 0 Å². The highest BCUT2D eigenvalue weighted by Crippen LogP contribution is 2.37. The predicted octanol–water partition coefficient (Wildman–Crippen LogP) is 4.69. The van der Waals surface area contributed by atoms with Gasteiger partial charge in [0.25, 0.3) is 0 Å². The molecule has 2 heterocycles. The van der Waals surface area contributed by atoms with Gasteiger partial charge in [0, 0.05) is 21.5 Å². The molecule has 28 heavy (non-hydrogen) atoms. The molecule has 144 valence electrons. The number of hydrogen-bond acceptors (Lipinski definition) is 6. The summed E-state index contributed by atoms with van der Waals surface area (Å²) in [6, 6.07) is 8.99. The summed E-state index contributed by atoms with van der Waals surface area (Å²) in [5.74, 6) is 1.55. The second-order valence-electron chi connectivity index (χ2n) is 5.79. The van der Waals surface area contributed by atoms with E-state index >= 15 is 0 Å². The molecule has 1 aliphatic rings. The van der Waals surface area contributed by atoms with E-state index < -0.39 is 5.91 Å². The zero-order valence-electron chi connectivity index (χ0n) is 14.6. The molecule has 2 aromatic carbocycles. The van der Waals surface area contributed by atoms with E-state index in [1.807, 2.05) is 19.1 Å². The van der Waals surface area contributed by atoms with Crippen LogP contribution in [0.1, 0.15) is 23.0 Å². The predicted molar refractivity (Wildman–Crippen MR) is 115 cm³/mol. The fraction of sp³-hybridized carbons (Fsp3) is 0.158. The Hall–Kier alpha value is -2.27. The van der Waals surface area contributed by atoms with Crippen molar-refractivity contribution in [2.75, 3.05) is 13.4 Å². The molecule has 1 amide bonds. The molecular formula is C19H14BrIN2O5. The Kier molecular flexibility index (Phi) is 5.44. The number of halogens is 2. The smallest absolute Gasteiger partial charge is 0.307 e. The highest BCUT2D eigenvalue weighted by molar-refractivity contribution is 14.1. The molecule has 3 aromatic rings. The van der Waals surface area contributed by atoms with Crippen molar-refractivity contribution in [3.63, 3.8) is 0 Å². The van der Waals surface area contributed by atoms with Crippen LogP contribution < -0.4 is 19.6 Å². The third-order valence-electron chi connectivity index (χ3n) is 3.93. The van der Waals surface area contributed by atoms with Crippen LogP contribution in [-0.4, -0.2) is 25.5 Å². The van der Waals surface area contributed by atoms with Crippen LogP contribution in [0.15, 0.2) is 44.3 Å². The zero-order chi connectivity index (χ0) is 19.7. The van der Waals surface area contributed by atoms with Crippen molar-refractivity contribution < 1.29 is 23.4 Å². The van der Waals surface area contributed by atoms with E-state index in [1.165, 1.54) is 6.21 Å². The second kappa shape index (κ2) is 8.00. The SMILES string of the molecule is CCOc1cc2c(cc1/C=N/NC(=O)c1cc3cc(Br)cc(I)c3o1)OCO2. The van der Waals surface area contributed by atoms with Crippen molar-refractivity contribution in [1.82, 2.24) is 5.43 Å². The van der Waals surface area contributed by atoms with E-state index in [0.29, 0.717) is 35.0 Å². The average molecular weight is 557 g/mol. The number of furan rings is 1. The van der Waals surface area contributed by atoms with Gasteiger partial charge in [0.1, 0.15) is 11.3 Å². The van der Waals surface area contributed by atoms with Gasteiger partial charge in [0.15, 0.2) is 17.3 Å². The lowest BCUT2D eigenvalue weighted by molar-refractivity contribution is 0.0929. The molecule has 0 aliphatic carbocycles. The van der Waals surface area contributed by atoms with Gasteiger partial charge in [0.2, 0.25) is 6.79 Å². The lowest BCUT2D eigenvalue weighted by Gasteiger charge is -2.08. The van der Waals surface area contributed by atoms with Crippen LogP contribution in [0.3, 0.4) is 0 Å². The maximum Gasteiger partial charge on any atom is 0.307 e. The van der Waals surface area contributed by atoms with Crippen molar-refractivity contribution in [1.29, 1.82) is 0 Å². The average Bonchev–Trinajstić information content (AvgIpc) is 3.28. The molecule has 0 fully saturated rings. The van der Waals surface area contributed by atoms with Gasteiger partial charge < -0.3 is 18.6 Å². The molecule has 4 rings (SSSR count). The summed E-state index contributed by atoms with van der Waals surface area (Å²) in [4.78, 5) is 12.4. The normalized spacial score (nSPS) is 12.7. The van der Waals surface area contributed by atoms with Crippen molar-refractivity contribution in [2.45, 2.75) is 6.92 Å². The van der Waals surface area contributed by atoms with Gasteiger partial charge in [0.05, 0.1) is 16.4 Å². The van der Waals surface area contributed by atoms with Gasteiger partial charge in [-0.1, -0.05) is 15.9 Å². The van der Waals surface area contributed by atoms with E-state index in [9.17, 15) is 4.79 Å². The first kappa shape index (κ1) is 19.1. The van der Waals surface area contributed by atoms with Gasteiger partial charge in [-0.15, -0.1) is 0 Å². The van der Waals surface area contributed by atoms with Crippen LogP contribution in [0.25, 0.3) is 11.0 Å². The van der Waals surface area contributed by atoms with Crippen LogP contribution in [0.4, 0.5) is 0 Å². The Morgan fingerprint density at radius 3 is 2.86 bits per heavy atom. The number of ether oxygens (including phenoxy) is 3. The lowest BCUT2D eigenvalue weighted by Crippen LogP contribution is -2.16. The number of nitrogens with one attached hydrogen (secondary N) is 1. The first-order valence-electron chi connectivity index (χ1n) is 8.33. The largest absolute Gasteiger partial charge is 0.493 e. The first-order chi connectivity index (χ1) is 13.5. The zero-order valence-corrected chi connectivity index (χ0v) is 18.4. The van der Waals surface area contributed by atoms with Gasteiger partial charge >= 0.3 is 5.91 Å². The number of fused-ring (bicyclic) bond motifs is 2. The fourth-order valence-electron chi connectivity index (χ4n) is 2.72. The number of nitrogens with zero attached hydrogens (tertiary/aromatic N) is 1. The molecule has 1 N–H and O–H groups in total. The van der Waals surface area contributed by atoms with Crippen molar-refractivity contribution >= 4 is 61.6 Å². The first-order valence-corrected chi connectivity index (χ1v) is 10.2. The summed E-state index contributed by atoms with van der Waals surface area (Å²) >= 11 is 5.60. The van der Waals surface area contributed by atoms with Crippen LogP contribution in [0, 0.1) is 3.57 Å². The standard InChI is InChI=1S/C19H14BrIN2O5/c1-2-25-14-7-16-15(26-9-27-16)5-11(14)8-22-23-19(24)17-4-10-3-12(20)6-13(21)18(10)28-17/h3-8H,2,9H2,1H3,(H,23,24)/b22-8+. The van der Waals surface area contributed by atoms with Crippen LogP contribution >= 0.6 is 38.5 Å². The Labute approximate surface area is 182 Å². The third kappa shape index (κ3) is 3.81. The van der Waals surface area contributed by atoms with E-state index in [0.717, 1.165) is 13.4 Å². The van der Waals surface area contributed by atoms with E-state index in [1.54, 1.807) is 18.2 Å². The molecule has 0 saturated carbocycles. The molecule has 0 bridgehead atoms. The van der Waals surface area contributed by atoms with E-state index in [2.05, 4.69) is 49.0 Å². The maximum absolute atomic E-state index is 12.4. The summed E-state index contributed by atoms with van der Waals surface area (Å²) in [5, 5.41) is 4.86. The highest BCUT2D eigenvalue weighted by Gasteiger charge is 2.18. The van der Waals surface area contributed by atoms with Crippen molar-refractivity contribution in [3.05, 3.63) is 49.7 Å². The molecule has 1 aliphatic heterocycles. The molecule has 1 aromatic heterocycles. The minimum Gasteiger partial charge on any atom is -0.493 e. The summed E-state index contributed by atoms with van der Waals surface area (Å²) in [7, 11) is 0. The Bertz CT molecular complexity index is 1100. The number of hydrazone groups is 1. The number of carbonyl (C=O) groups is 1. The number of carbonyl (C=O) groups excluding carboxylic acids is 1. The summed E-state index contributed by atoms with van der Waals surface area (Å²) in [6.45, 7) is 2.54. The molecule has 0 unspecified atom stereocenters. The molecule has 0 spiro atoms. The molecule has 0 atom stereocenters. The van der Waals surface area contributed by atoms with Gasteiger partial charge in [-0.05, 0) is 53.8 Å². The number of rotatable bonds is 5. The summed E-state index contributed by atoms with van der Waals surface area (Å²) in [6.07, 6.45) is 1.49. The fourth-order valence-corrected chi connectivity index (χ4v) is 4.38. The monoisotopic (exact) mass is 556 g/mol. The van der Waals surface area contributed by atoms with Gasteiger partial charge in [-0.2, -0.15) is 5.10 Å². The minimum absolute atomic E-state index is 0.166. The number of hydrogen-bond donors (Lipinski definition) is 1. The number of benzene rings is 2. The third-order valence-corrected chi connectivity index (χ3v) is 5.19. The molecule has 0 radical (unpaired) electrons. The molecular weight excluding hydrogens is 543 g/mol. The Morgan fingerprint density at radius 1 is 1.29 bits per heavy atom. The quantitative estimate of drug-likeness (QED) is 0.280. The number of amides is 1. The Balaban J connectivity index is 1.53. The molecule has 9 heteroatoms. The van der Waals surface area contributed by atoms with Crippen molar-refractivity contribution in [2.24, 2.45) is 5.10 Å². The summed E-state index contributed by atoms with van der Waals surface area (Å²) in [5.41, 5.74) is 3.80. The van der Waals surface area contributed by atoms with Crippen molar-refractivity contribution in [3.8, 4) is 17.2 Å². The second-order valence-corrected chi connectivity index (χ2v) is 7.87. The topological polar surface area (TPSA) is 82.3 Å². The van der Waals surface area contributed by atoms with Crippen LogP contribution in [-0.2, 0) is 0 Å². The van der Waals surface area contributed by atoms with Crippen LogP contribution in [0.5, 0.6) is 17.2 Å². The minimum atomic E-state index is -0.446. The van der Waals surface area contributed by atoms with Gasteiger partial charge in [-0.3, -0.25) is 4.79 Å². The van der Waals surface area contributed by atoms with Gasteiger partial charge in [-0.25, -0.2) is 5.43 Å². The molecule has 0 saturated heterocycles. The molecule has 7 nitrogen and oxygen atoms in total.